The number of nitrogens with zero attached hydrogens (tertiary/aromatic N) is 5. The van der Waals surface area contributed by atoms with Crippen molar-refractivity contribution in [3.05, 3.63) is 76.0 Å². The summed E-state index contributed by atoms with van der Waals surface area (Å²) in [5.41, 5.74) is 3.31. The molecule has 226 valence electrons. The van der Waals surface area contributed by atoms with Crippen LogP contribution in [-0.2, 0) is 27.5 Å². The molecular weight excluding hydrogens is 593 g/mol. The van der Waals surface area contributed by atoms with E-state index in [1.165, 1.54) is 4.90 Å². The van der Waals surface area contributed by atoms with E-state index >= 15 is 0 Å². The average molecular weight is 627 g/mol. The van der Waals surface area contributed by atoms with Gasteiger partial charge in [0.25, 0.3) is 6.01 Å². The molecule has 10 nitrogen and oxygen atoms in total. The number of ketones is 1. The van der Waals surface area contributed by atoms with Crippen LogP contribution in [0, 0.1) is 0 Å². The van der Waals surface area contributed by atoms with Gasteiger partial charge in [0.15, 0.2) is 0 Å². The van der Waals surface area contributed by atoms with Crippen LogP contribution in [0.15, 0.2) is 54.7 Å². The van der Waals surface area contributed by atoms with E-state index in [-0.39, 0.29) is 31.1 Å². The van der Waals surface area contributed by atoms with Crippen LogP contribution in [0.5, 0.6) is 11.8 Å². The van der Waals surface area contributed by atoms with E-state index in [1.807, 2.05) is 45.9 Å². The van der Waals surface area contributed by atoms with Crippen LogP contribution >= 0.6 is 23.2 Å². The fourth-order valence-corrected chi connectivity index (χ4v) is 5.55. The van der Waals surface area contributed by atoms with Gasteiger partial charge in [-0.25, -0.2) is 0 Å². The molecule has 5 rings (SSSR count). The van der Waals surface area contributed by atoms with E-state index in [0.717, 1.165) is 24.3 Å². The number of pyridine rings is 1. The van der Waals surface area contributed by atoms with Gasteiger partial charge in [-0.3, -0.25) is 24.0 Å². The topological polar surface area (TPSA) is 99.0 Å². The second kappa shape index (κ2) is 14.2. The first-order valence-corrected chi connectivity index (χ1v) is 14.7. The number of morpholine rings is 1. The minimum atomic E-state index is -0.221. The number of carbonyl (C=O) groups is 2. The highest BCUT2D eigenvalue weighted by atomic mass is 35.5. The zero-order valence-corrected chi connectivity index (χ0v) is 25.6. The number of hydrogen-bond acceptors (Lipinski definition) is 8. The zero-order valence-electron chi connectivity index (χ0n) is 24.1. The summed E-state index contributed by atoms with van der Waals surface area (Å²) in [5, 5.41) is 0.703. The van der Waals surface area contributed by atoms with Crippen molar-refractivity contribution in [1.82, 2.24) is 19.4 Å². The van der Waals surface area contributed by atoms with Crippen LogP contribution < -0.4 is 14.4 Å². The van der Waals surface area contributed by atoms with Gasteiger partial charge in [0.1, 0.15) is 23.7 Å². The molecule has 0 atom stereocenters. The number of para-hydroxylation sites is 1. The number of fused-ring (bicyclic) bond motifs is 1. The molecule has 0 N–H and O–H groups in total. The molecule has 1 aliphatic heterocycles. The Morgan fingerprint density at radius 2 is 1.86 bits per heavy atom. The first-order chi connectivity index (χ1) is 20.9. The van der Waals surface area contributed by atoms with Crippen molar-refractivity contribution >= 4 is 51.6 Å². The summed E-state index contributed by atoms with van der Waals surface area (Å²) >= 11 is 13.3. The molecule has 3 heterocycles. The average Bonchev–Trinajstić information content (AvgIpc) is 3.38. The third kappa shape index (κ3) is 7.27. The zero-order chi connectivity index (χ0) is 30.3. The number of carbonyl (C=O) groups excluding carboxylic acids is 2. The maximum absolute atomic E-state index is 13.0. The number of methoxy groups -OCH3 is 1. The standard InChI is InChI=1S/C31H33Cl2N5O5/c1-36(28(40)12-9-22(39)19-37-14-16-42-17-15-37)25-11-10-24(32)23(29(25)33)20-43-27-8-5-7-26-30(27)35-31(41-2)38(26)18-21-6-3-4-13-34-21/h3-8,10-11,13H,9,12,14-20H2,1-2H3. The SMILES string of the molecule is COc1nc2c(OCc3c(Cl)ccc(N(C)C(=O)CCC(=O)CN4CCOCC4)c3Cl)cccc2n1Cc1ccccn1. The van der Waals surface area contributed by atoms with Crippen LogP contribution in [0.25, 0.3) is 11.0 Å². The molecule has 0 aliphatic carbocycles. The normalized spacial score (nSPS) is 13.7. The number of amides is 1. The lowest BCUT2D eigenvalue weighted by Gasteiger charge is -2.26. The van der Waals surface area contributed by atoms with Crippen LogP contribution in [0.3, 0.4) is 0 Å². The number of benzene rings is 2. The summed E-state index contributed by atoms with van der Waals surface area (Å²) in [6, 6.07) is 15.2. The number of ether oxygens (including phenoxy) is 3. The van der Waals surface area contributed by atoms with Crippen molar-refractivity contribution in [3.8, 4) is 11.8 Å². The first-order valence-electron chi connectivity index (χ1n) is 14.0. The van der Waals surface area contributed by atoms with Crippen LogP contribution in [-0.4, -0.2) is 78.1 Å². The van der Waals surface area contributed by atoms with Gasteiger partial charge in [-0.2, -0.15) is 4.98 Å². The Morgan fingerprint density at radius 1 is 1.05 bits per heavy atom. The summed E-state index contributed by atoms with van der Waals surface area (Å²) in [6.07, 6.45) is 1.98. The number of hydrogen-bond donors (Lipinski definition) is 0. The number of anilines is 1. The molecule has 0 bridgehead atoms. The number of halogens is 2. The Kier molecular flexibility index (Phi) is 10.1. The lowest BCUT2D eigenvalue weighted by Crippen LogP contribution is -2.39. The van der Waals surface area contributed by atoms with Gasteiger partial charge in [0.05, 0.1) is 55.3 Å². The molecule has 0 radical (unpaired) electrons. The third-order valence-corrected chi connectivity index (χ3v) is 8.11. The van der Waals surface area contributed by atoms with Crippen LogP contribution in [0.2, 0.25) is 10.0 Å². The second-order valence-corrected chi connectivity index (χ2v) is 10.9. The molecule has 43 heavy (non-hydrogen) atoms. The van der Waals surface area contributed by atoms with E-state index in [0.29, 0.717) is 64.9 Å². The van der Waals surface area contributed by atoms with Crippen molar-refractivity contribution in [3.63, 3.8) is 0 Å². The summed E-state index contributed by atoms with van der Waals surface area (Å²) in [5.74, 6) is 0.325. The first kappa shape index (κ1) is 30.7. The maximum atomic E-state index is 13.0. The molecule has 12 heteroatoms. The summed E-state index contributed by atoms with van der Waals surface area (Å²) in [6.45, 7) is 3.52. The molecule has 4 aromatic rings. The van der Waals surface area contributed by atoms with Gasteiger partial charge < -0.3 is 19.1 Å². The van der Waals surface area contributed by atoms with Gasteiger partial charge in [-0.15, -0.1) is 0 Å². The highest BCUT2D eigenvalue weighted by Crippen LogP contribution is 2.36. The molecule has 1 fully saturated rings. The lowest BCUT2D eigenvalue weighted by molar-refractivity contribution is -0.125. The number of imidazole rings is 1. The minimum absolute atomic E-state index is 0.0215. The molecule has 1 amide bonds. The van der Waals surface area contributed by atoms with Crippen molar-refractivity contribution < 1.29 is 23.8 Å². The summed E-state index contributed by atoms with van der Waals surface area (Å²) in [7, 11) is 3.20. The fraction of sp³-hybridized carbons (Fsp3) is 0.355. The van der Waals surface area contributed by atoms with Gasteiger partial charge >= 0.3 is 0 Å². The Labute approximate surface area is 260 Å². The summed E-state index contributed by atoms with van der Waals surface area (Å²) in [4.78, 5) is 38.0. The van der Waals surface area contributed by atoms with Gasteiger partial charge in [-0.05, 0) is 36.4 Å². The number of Topliss-reactive ketones (excluding diaryl/α,β-unsaturated/α-hetero) is 1. The molecule has 1 aliphatic rings. The van der Waals surface area contributed by atoms with E-state index in [2.05, 4.69) is 9.97 Å². The van der Waals surface area contributed by atoms with Crippen molar-refractivity contribution in [2.24, 2.45) is 0 Å². The van der Waals surface area contributed by atoms with E-state index in [4.69, 9.17) is 37.4 Å². The van der Waals surface area contributed by atoms with Crippen molar-refractivity contribution in [2.45, 2.75) is 26.0 Å². The van der Waals surface area contributed by atoms with E-state index < -0.39 is 0 Å². The molecule has 0 spiro atoms. The highest BCUT2D eigenvalue weighted by Gasteiger charge is 2.22. The largest absolute Gasteiger partial charge is 0.486 e. The third-order valence-electron chi connectivity index (χ3n) is 7.33. The Hall–Kier alpha value is -3.70. The maximum Gasteiger partial charge on any atom is 0.297 e. The molecule has 2 aromatic carbocycles. The van der Waals surface area contributed by atoms with Crippen molar-refractivity contribution in [2.75, 3.05) is 51.9 Å². The predicted molar refractivity (Wildman–Crippen MR) is 165 cm³/mol. The van der Waals surface area contributed by atoms with E-state index in [1.54, 1.807) is 32.5 Å². The van der Waals surface area contributed by atoms with E-state index in [9.17, 15) is 9.59 Å². The van der Waals surface area contributed by atoms with Crippen molar-refractivity contribution in [1.29, 1.82) is 0 Å². The predicted octanol–water partition coefficient (Wildman–Crippen LogP) is 5.02. The smallest absolute Gasteiger partial charge is 0.297 e. The quantitative estimate of drug-likeness (QED) is 0.216. The molecule has 2 aromatic heterocycles. The number of rotatable bonds is 12. The second-order valence-electron chi connectivity index (χ2n) is 10.2. The molecule has 1 saturated heterocycles. The molecule has 0 saturated carbocycles. The van der Waals surface area contributed by atoms with Crippen LogP contribution in [0.1, 0.15) is 24.1 Å². The highest BCUT2D eigenvalue weighted by molar-refractivity contribution is 6.38. The Morgan fingerprint density at radius 3 is 2.60 bits per heavy atom. The number of aromatic nitrogens is 3. The Balaban J connectivity index is 1.28. The minimum Gasteiger partial charge on any atom is -0.486 e. The Bertz CT molecular complexity index is 1590. The van der Waals surface area contributed by atoms with Crippen LogP contribution in [0.4, 0.5) is 5.69 Å². The lowest BCUT2D eigenvalue weighted by atomic mass is 10.1. The summed E-state index contributed by atoms with van der Waals surface area (Å²) < 4.78 is 19.0. The van der Waals surface area contributed by atoms with Gasteiger partial charge in [0.2, 0.25) is 5.91 Å². The molecular formula is C31H33Cl2N5O5. The fourth-order valence-electron chi connectivity index (χ4n) is 4.94. The monoisotopic (exact) mass is 625 g/mol. The van der Waals surface area contributed by atoms with Gasteiger partial charge in [0, 0.05) is 49.8 Å². The molecule has 0 unspecified atom stereocenters. The van der Waals surface area contributed by atoms with Gasteiger partial charge in [-0.1, -0.05) is 35.3 Å².